The highest BCUT2D eigenvalue weighted by Crippen LogP contribution is 2.22. The van der Waals surface area contributed by atoms with E-state index in [2.05, 4.69) is 31.4 Å². The fourth-order valence-electron chi connectivity index (χ4n) is 2.88. The van der Waals surface area contributed by atoms with Gasteiger partial charge in [-0.15, -0.1) is 0 Å². The second-order valence-electron chi connectivity index (χ2n) is 6.53. The maximum Gasteiger partial charge on any atom is 0.266 e. The van der Waals surface area contributed by atoms with Crippen LogP contribution in [0.25, 0.3) is 16.6 Å². The zero-order valence-corrected chi connectivity index (χ0v) is 18.8. The summed E-state index contributed by atoms with van der Waals surface area (Å²) in [6, 6.07) is 18.0. The predicted octanol–water partition coefficient (Wildman–Crippen LogP) is 4.37. The molecule has 0 aliphatic rings. The third kappa shape index (κ3) is 4.78. The molecular weight excluding hydrogens is 480 g/mol. The van der Waals surface area contributed by atoms with Gasteiger partial charge in [0.05, 0.1) is 28.6 Å². The third-order valence-electron chi connectivity index (χ3n) is 4.39. The molecule has 2 aromatic heterocycles. The monoisotopic (exact) mass is 496 g/mol. The Bertz CT molecular complexity index is 1320. The van der Waals surface area contributed by atoms with E-state index in [4.69, 9.17) is 4.42 Å². The van der Waals surface area contributed by atoms with Crippen LogP contribution in [0.1, 0.15) is 12.7 Å². The van der Waals surface area contributed by atoms with Gasteiger partial charge in [0, 0.05) is 4.47 Å². The van der Waals surface area contributed by atoms with E-state index in [0.717, 1.165) is 4.47 Å². The molecule has 0 radical (unpaired) electrons. The molecule has 0 bridgehead atoms. The summed E-state index contributed by atoms with van der Waals surface area (Å²) in [4.78, 5) is 30.2. The van der Waals surface area contributed by atoms with Gasteiger partial charge in [0.25, 0.3) is 11.5 Å². The topological polar surface area (TPSA) is 89.5 Å². The van der Waals surface area contributed by atoms with Crippen LogP contribution in [0.5, 0.6) is 0 Å². The molecule has 4 rings (SSSR count). The number of nitrogens with one attached hydrogen (secondary N) is 1. The summed E-state index contributed by atoms with van der Waals surface area (Å²) in [5.74, 6) is 0.296. The fourth-order valence-corrected chi connectivity index (χ4v) is 3.94. The van der Waals surface area contributed by atoms with E-state index in [1.165, 1.54) is 16.3 Å². The molecule has 0 fully saturated rings. The Balaban J connectivity index is 1.61. The van der Waals surface area contributed by atoms with Crippen LogP contribution in [0.3, 0.4) is 0 Å². The number of fused-ring (bicyclic) bond motifs is 1. The number of para-hydroxylation sites is 1. The molecule has 2 aromatic carbocycles. The maximum atomic E-state index is 13.2. The molecule has 156 valence electrons. The lowest BCUT2D eigenvalue weighted by Gasteiger charge is -2.13. The van der Waals surface area contributed by atoms with E-state index in [9.17, 15) is 9.59 Å². The number of hydrogen-bond donors (Lipinski definition) is 1. The van der Waals surface area contributed by atoms with Gasteiger partial charge in [0.2, 0.25) is 0 Å². The summed E-state index contributed by atoms with van der Waals surface area (Å²) in [5.41, 5.74) is 4.12. The first kappa shape index (κ1) is 21.1. The van der Waals surface area contributed by atoms with Crippen LogP contribution in [-0.4, -0.2) is 26.9 Å². The van der Waals surface area contributed by atoms with E-state index in [-0.39, 0.29) is 17.2 Å². The summed E-state index contributed by atoms with van der Waals surface area (Å²) in [6.07, 6.45) is 1.54. The second-order valence-corrected chi connectivity index (χ2v) is 8.38. The van der Waals surface area contributed by atoms with Crippen molar-refractivity contribution in [3.8, 4) is 5.69 Å². The Morgan fingerprint density at radius 2 is 1.94 bits per heavy atom. The number of carbonyl (C=O) groups is 1. The maximum absolute atomic E-state index is 13.2. The first-order valence-corrected chi connectivity index (χ1v) is 11.1. The minimum absolute atomic E-state index is 0.0379. The lowest BCUT2D eigenvalue weighted by Crippen LogP contribution is -2.24. The van der Waals surface area contributed by atoms with Gasteiger partial charge in [-0.25, -0.2) is 10.4 Å². The molecule has 0 spiro atoms. The highest BCUT2D eigenvalue weighted by molar-refractivity contribution is 9.10. The number of amides is 1. The standard InChI is InChI=1S/C22H17BrN4O3S/c1-14(19-7-4-12-30-19)25-26-20(28)13-31-22-24-18-6-3-2-5-17(18)21(29)27(22)16-10-8-15(23)9-11-16/h2-12H,13H2,1H3,(H,26,28)/b25-14+. The zero-order chi connectivity index (χ0) is 21.8. The van der Waals surface area contributed by atoms with E-state index in [0.29, 0.717) is 33.2 Å². The highest BCUT2D eigenvalue weighted by atomic mass is 79.9. The molecule has 0 saturated carbocycles. The minimum atomic E-state index is -0.319. The summed E-state index contributed by atoms with van der Waals surface area (Å²) in [7, 11) is 0. The molecule has 2 heterocycles. The second kappa shape index (κ2) is 9.32. The van der Waals surface area contributed by atoms with Crippen LogP contribution in [0.15, 0.2) is 90.9 Å². The van der Waals surface area contributed by atoms with Crippen molar-refractivity contribution in [2.24, 2.45) is 5.10 Å². The van der Waals surface area contributed by atoms with Gasteiger partial charge in [0.15, 0.2) is 5.16 Å². The normalized spacial score (nSPS) is 11.6. The average Bonchev–Trinajstić information content (AvgIpc) is 3.32. The Labute approximate surface area is 190 Å². The van der Waals surface area contributed by atoms with Gasteiger partial charge < -0.3 is 4.42 Å². The van der Waals surface area contributed by atoms with Crippen LogP contribution in [0.2, 0.25) is 0 Å². The van der Waals surface area contributed by atoms with Crippen molar-refractivity contribution in [3.05, 3.63) is 87.5 Å². The van der Waals surface area contributed by atoms with Gasteiger partial charge in [-0.1, -0.05) is 39.8 Å². The molecule has 0 unspecified atom stereocenters. The number of hydrazone groups is 1. The van der Waals surface area contributed by atoms with Crippen LogP contribution >= 0.6 is 27.7 Å². The van der Waals surface area contributed by atoms with E-state index in [1.54, 1.807) is 43.5 Å². The Kier molecular flexibility index (Phi) is 6.34. The van der Waals surface area contributed by atoms with Gasteiger partial charge in [-0.3, -0.25) is 14.2 Å². The molecule has 31 heavy (non-hydrogen) atoms. The van der Waals surface area contributed by atoms with Crippen molar-refractivity contribution >= 4 is 50.2 Å². The highest BCUT2D eigenvalue weighted by Gasteiger charge is 2.15. The molecule has 0 aliphatic carbocycles. The van der Waals surface area contributed by atoms with Crippen LogP contribution in [0, 0.1) is 0 Å². The fraction of sp³-hybridized carbons (Fsp3) is 0.0909. The lowest BCUT2D eigenvalue weighted by molar-refractivity contribution is -0.118. The molecule has 9 heteroatoms. The zero-order valence-electron chi connectivity index (χ0n) is 16.4. The van der Waals surface area contributed by atoms with Crippen molar-refractivity contribution in [1.29, 1.82) is 0 Å². The molecule has 7 nitrogen and oxygen atoms in total. The first-order valence-electron chi connectivity index (χ1n) is 9.30. The van der Waals surface area contributed by atoms with Crippen molar-refractivity contribution in [2.75, 3.05) is 5.75 Å². The lowest BCUT2D eigenvalue weighted by atomic mass is 10.2. The van der Waals surface area contributed by atoms with Crippen molar-refractivity contribution < 1.29 is 9.21 Å². The Hall–Kier alpha value is -3.17. The number of benzene rings is 2. The van der Waals surface area contributed by atoms with Crippen LogP contribution in [0.4, 0.5) is 0 Å². The number of carbonyl (C=O) groups excluding carboxylic acids is 1. The van der Waals surface area contributed by atoms with Gasteiger partial charge in [-0.2, -0.15) is 5.10 Å². The Morgan fingerprint density at radius 3 is 2.68 bits per heavy atom. The van der Waals surface area contributed by atoms with Crippen LogP contribution < -0.4 is 11.0 Å². The number of thioether (sulfide) groups is 1. The van der Waals surface area contributed by atoms with Gasteiger partial charge in [0.1, 0.15) is 11.5 Å². The Morgan fingerprint density at radius 1 is 1.16 bits per heavy atom. The molecule has 4 aromatic rings. The number of aromatic nitrogens is 2. The number of furan rings is 1. The number of halogens is 1. The number of rotatable bonds is 6. The summed E-state index contributed by atoms with van der Waals surface area (Å²) in [5, 5.41) is 4.99. The molecular formula is C22H17BrN4O3S. The van der Waals surface area contributed by atoms with Gasteiger partial charge in [-0.05, 0) is 55.5 Å². The van der Waals surface area contributed by atoms with Crippen molar-refractivity contribution in [1.82, 2.24) is 15.0 Å². The quantitative estimate of drug-likeness (QED) is 0.185. The van der Waals surface area contributed by atoms with Crippen molar-refractivity contribution in [3.63, 3.8) is 0 Å². The summed E-state index contributed by atoms with van der Waals surface area (Å²) < 4.78 is 7.66. The van der Waals surface area contributed by atoms with Crippen LogP contribution in [-0.2, 0) is 4.79 Å². The smallest absolute Gasteiger partial charge is 0.266 e. The largest absolute Gasteiger partial charge is 0.463 e. The predicted molar refractivity (Wildman–Crippen MR) is 125 cm³/mol. The molecule has 0 aliphatic heterocycles. The molecule has 0 saturated heterocycles. The van der Waals surface area contributed by atoms with Crippen molar-refractivity contribution in [2.45, 2.75) is 12.1 Å². The average molecular weight is 497 g/mol. The SMILES string of the molecule is C/C(=N\NC(=O)CSc1nc2ccccc2c(=O)n1-c1ccc(Br)cc1)c1ccco1. The number of hydrogen-bond acceptors (Lipinski definition) is 6. The van der Waals surface area contributed by atoms with E-state index in [1.807, 2.05) is 30.3 Å². The van der Waals surface area contributed by atoms with E-state index >= 15 is 0 Å². The minimum Gasteiger partial charge on any atom is -0.463 e. The summed E-state index contributed by atoms with van der Waals surface area (Å²) in [6.45, 7) is 1.74. The molecule has 1 amide bonds. The summed E-state index contributed by atoms with van der Waals surface area (Å²) >= 11 is 4.58. The first-order chi connectivity index (χ1) is 15.0. The molecule has 1 N–H and O–H groups in total. The van der Waals surface area contributed by atoms with E-state index < -0.39 is 0 Å². The van der Waals surface area contributed by atoms with Gasteiger partial charge >= 0.3 is 0 Å². The third-order valence-corrected chi connectivity index (χ3v) is 5.86. The molecule has 0 atom stereocenters. The number of nitrogens with zero attached hydrogens (tertiary/aromatic N) is 3.